The van der Waals surface area contributed by atoms with Crippen LogP contribution in [0.25, 0.3) is 0 Å². The number of fused-ring (bicyclic) bond motifs is 2. The second-order valence-electron chi connectivity index (χ2n) is 8.87. The van der Waals surface area contributed by atoms with Gasteiger partial charge in [-0.25, -0.2) is 9.18 Å². The molecular formula is C20H28FN3O3. The van der Waals surface area contributed by atoms with Gasteiger partial charge in [0.2, 0.25) is 0 Å². The molecule has 3 heterocycles. The maximum atomic E-state index is 14.6. The number of ether oxygens (including phenoxy) is 2. The summed E-state index contributed by atoms with van der Waals surface area (Å²) in [7, 11) is 0. The molecular weight excluding hydrogens is 349 g/mol. The average Bonchev–Trinajstić information content (AvgIpc) is 3.14. The lowest BCUT2D eigenvalue weighted by atomic mass is 10.0. The summed E-state index contributed by atoms with van der Waals surface area (Å²) in [6.07, 6.45) is 1.21. The highest BCUT2D eigenvalue weighted by atomic mass is 19.1. The van der Waals surface area contributed by atoms with Crippen LogP contribution in [0, 0.1) is 11.7 Å². The zero-order chi connectivity index (χ0) is 19.3. The summed E-state index contributed by atoms with van der Waals surface area (Å²) in [6, 6.07) is 3.52. The number of carbonyl (C=O) groups excluding carboxylic acids is 1. The van der Waals surface area contributed by atoms with Crippen molar-refractivity contribution in [3.63, 3.8) is 0 Å². The molecule has 6 nitrogen and oxygen atoms in total. The first kappa shape index (κ1) is 18.3. The Kier molecular flexibility index (Phi) is 4.45. The Morgan fingerprint density at radius 3 is 2.85 bits per heavy atom. The molecule has 0 aliphatic carbocycles. The van der Waals surface area contributed by atoms with Crippen molar-refractivity contribution in [3.8, 4) is 5.75 Å². The molecule has 0 spiro atoms. The Morgan fingerprint density at radius 2 is 2.11 bits per heavy atom. The third-order valence-corrected chi connectivity index (χ3v) is 5.59. The van der Waals surface area contributed by atoms with Crippen molar-refractivity contribution in [2.45, 2.75) is 51.3 Å². The lowest BCUT2D eigenvalue weighted by Gasteiger charge is -2.30. The van der Waals surface area contributed by atoms with Gasteiger partial charge in [-0.3, -0.25) is 0 Å². The van der Waals surface area contributed by atoms with Gasteiger partial charge in [-0.2, -0.15) is 0 Å². The van der Waals surface area contributed by atoms with Crippen LogP contribution in [-0.2, 0) is 11.2 Å². The Morgan fingerprint density at radius 1 is 1.33 bits per heavy atom. The van der Waals surface area contributed by atoms with Gasteiger partial charge < -0.3 is 25.0 Å². The highest BCUT2D eigenvalue weighted by molar-refractivity contribution is 5.69. The number of rotatable bonds is 1. The number of carbonyl (C=O) groups is 1. The predicted octanol–water partition coefficient (Wildman–Crippen LogP) is 2.53. The monoisotopic (exact) mass is 377 g/mol. The summed E-state index contributed by atoms with van der Waals surface area (Å²) >= 11 is 0. The van der Waals surface area contributed by atoms with Crippen LogP contribution in [0.2, 0.25) is 0 Å². The number of nitrogens with zero attached hydrogens (tertiary/aromatic N) is 2. The van der Waals surface area contributed by atoms with Crippen molar-refractivity contribution in [2.75, 3.05) is 31.1 Å². The van der Waals surface area contributed by atoms with E-state index in [0.29, 0.717) is 43.3 Å². The molecule has 1 aromatic carbocycles. The first-order valence-electron chi connectivity index (χ1n) is 9.66. The number of hydrogen-bond donors (Lipinski definition) is 1. The summed E-state index contributed by atoms with van der Waals surface area (Å²) in [6.45, 7) is 8.17. The van der Waals surface area contributed by atoms with Crippen LogP contribution in [0.15, 0.2) is 12.1 Å². The van der Waals surface area contributed by atoms with Gasteiger partial charge in [0, 0.05) is 48.9 Å². The molecule has 3 aliphatic heterocycles. The van der Waals surface area contributed by atoms with Gasteiger partial charge in [0.15, 0.2) is 0 Å². The van der Waals surface area contributed by atoms with Crippen LogP contribution < -0.4 is 15.4 Å². The summed E-state index contributed by atoms with van der Waals surface area (Å²) in [5.74, 6) is 0.714. The van der Waals surface area contributed by atoms with Gasteiger partial charge in [0.05, 0.1) is 6.04 Å². The molecule has 1 aromatic rings. The van der Waals surface area contributed by atoms with E-state index in [9.17, 15) is 9.18 Å². The molecule has 2 unspecified atom stereocenters. The molecule has 0 aromatic heterocycles. The first-order chi connectivity index (χ1) is 12.7. The third kappa shape index (κ3) is 3.57. The average molecular weight is 377 g/mol. The summed E-state index contributed by atoms with van der Waals surface area (Å²) in [4.78, 5) is 16.4. The number of nitrogens with two attached hydrogens (primary N) is 1. The van der Waals surface area contributed by atoms with Gasteiger partial charge in [0.1, 0.15) is 23.8 Å². The standard InChI is InChI=1S/C20H28FN3O3/c1-20(2,3)27-19(25)23-9-12-4-5-24(17(12)10-23)14-7-16(21)15-6-13(22)11-26-18(15)8-14/h7-8,12-13,17H,4-6,9-11,22H2,1-3H3/t12?,13-,17?/m1/s1. The largest absolute Gasteiger partial charge is 0.491 e. The molecule has 3 aliphatic rings. The van der Waals surface area contributed by atoms with E-state index in [0.717, 1.165) is 18.7 Å². The van der Waals surface area contributed by atoms with E-state index < -0.39 is 5.60 Å². The summed E-state index contributed by atoms with van der Waals surface area (Å²) in [5, 5.41) is 0. The van der Waals surface area contributed by atoms with Gasteiger partial charge in [-0.15, -0.1) is 0 Å². The van der Waals surface area contributed by atoms with E-state index in [-0.39, 0.29) is 24.0 Å². The SMILES string of the molecule is CC(C)(C)OC(=O)N1CC2CCN(c3cc(F)c4c(c3)OC[C@H](N)C4)C2C1. The first-order valence-corrected chi connectivity index (χ1v) is 9.66. The number of anilines is 1. The normalized spacial score (nSPS) is 27.2. The minimum atomic E-state index is -0.506. The van der Waals surface area contributed by atoms with Crippen molar-refractivity contribution >= 4 is 11.8 Å². The molecule has 2 fully saturated rings. The van der Waals surface area contributed by atoms with Crippen molar-refractivity contribution in [1.82, 2.24) is 4.90 Å². The van der Waals surface area contributed by atoms with Gasteiger partial charge in [-0.05, 0) is 39.7 Å². The number of likely N-dealkylation sites (tertiary alicyclic amines) is 1. The molecule has 1 amide bonds. The minimum Gasteiger partial charge on any atom is -0.491 e. The number of halogens is 1. The molecule has 0 radical (unpaired) electrons. The van der Waals surface area contributed by atoms with Crippen molar-refractivity contribution in [1.29, 1.82) is 0 Å². The molecule has 0 bridgehead atoms. The number of benzene rings is 1. The van der Waals surface area contributed by atoms with Gasteiger partial charge in [-0.1, -0.05) is 0 Å². The lowest BCUT2D eigenvalue weighted by molar-refractivity contribution is 0.0284. The smallest absolute Gasteiger partial charge is 0.410 e. The molecule has 27 heavy (non-hydrogen) atoms. The maximum Gasteiger partial charge on any atom is 0.410 e. The molecule has 0 saturated carbocycles. The van der Waals surface area contributed by atoms with Crippen LogP contribution in [0.4, 0.5) is 14.9 Å². The third-order valence-electron chi connectivity index (χ3n) is 5.59. The predicted molar refractivity (Wildman–Crippen MR) is 101 cm³/mol. The fraction of sp³-hybridized carbons (Fsp3) is 0.650. The van der Waals surface area contributed by atoms with E-state index in [2.05, 4.69) is 4.90 Å². The fourth-order valence-electron chi connectivity index (χ4n) is 4.37. The van der Waals surface area contributed by atoms with Crippen LogP contribution >= 0.6 is 0 Å². The van der Waals surface area contributed by atoms with Crippen LogP contribution in [0.5, 0.6) is 5.75 Å². The quantitative estimate of drug-likeness (QED) is 0.815. The second-order valence-corrected chi connectivity index (χ2v) is 8.87. The zero-order valence-electron chi connectivity index (χ0n) is 16.2. The van der Waals surface area contributed by atoms with Crippen LogP contribution in [0.3, 0.4) is 0 Å². The van der Waals surface area contributed by atoms with Crippen molar-refractivity contribution < 1.29 is 18.7 Å². The number of amides is 1. The minimum absolute atomic E-state index is 0.161. The van der Waals surface area contributed by atoms with Crippen LogP contribution in [0.1, 0.15) is 32.8 Å². The van der Waals surface area contributed by atoms with Crippen molar-refractivity contribution in [3.05, 3.63) is 23.5 Å². The summed E-state index contributed by atoms with van der Waals surface area (Å²) in [5.41, 5.74) is 6.76. The van der Waals surface area contributed by atoms with E-state index in [4.69, 9.17) is 15.2 Å². The Balaban J connectivity index is 1.51. The van der Waals surface area contributed by atoms with E-state index in [1.165, 1.54) is 0 Å². The van der Waals surface area contributed by atoms with E-state index in [1.54, 1.807) is 11.0 Å². The van der Waals surface area contributed by atoms with E-state index >= 15 is 0 Å². The Hall–Kier alpha value is -2.02. The van der Waals surface area contributed by atoms with Gasteiger partial charge >= 0.3 is 6.09 Å². The molecule has 4 rings (SSSR count). The Bertz CT molecular complexity index is 749. The topological polar surface area (TPSA) is 68.0 Å². The van der Waals surface area contributed by atoms with Gasteiger partial charge in [0.25, 0.3) is 0 Å². The Labute approximate surface area is 159 Å². The van der Waals surface area contributed by atoms with E-state index in [1.807, 2.05) is 26.8 Å². The fourth-order valence-corrected chi connectivity index (χ4v) is 4.37. The maximum absolute atomic E-state index is 14.6. The van der Waals surface area contributed by atoms with Crippen molar-refractivity contribution in [2.24, 2.45) is 11.7 Å². The molecule has 3 atom stereocenters. The lowest BCUT2D eigenvalue weighted by Crippen LogP contribution is -2.39. The van der Waals surface area contributed by atoms with Crippen LogP contribution in [-0.4, -0.2) is 54.9 Å². The molecule has 2 N–H and O–H groups in total. The second kappa shape index (κ2) is 6.55. The highest BCUT2D eigenvalue weighted by Gasteiger charge is 2.44. The highest BCUT2D eigenvalue weighted by Crippen LogP contribution is 2.39. The molecule has 2 saturated heterocycles. The number of hydrogen-bond acceptors (Lipinski definition) is 5. The molecule has 7 heteroatoms. The summed E-state index contributed by atoms with van der Waals surface area (Å²) < 4.78 is 25.8. The molecule has 148 valence electrons. The zero-order valence-corrected chi connectivity index (χ0v) is 16.2.